The lowest BCUT2D eigenvalue weighted by Gasteiger charge is -2.31. The SMILES string of the molecule is C/C(=C/CCN)CCCC(C)CC(C)C(=O)C(C)(C)C(O)CC(=O)O. The zero-order valence-corrected chi connectivity index (χ0v) is 16.5. The Kier molecular flexibility index (Phi) is 10.9. The fraction of sp³-hybridized carbons (Fsp3) is 0.800. The van der Waals surface area contributed by atoms with Gasteiger partial charge >= 0.3 is 5.97 Å². The second kappa shape index (κ2) is 11.4. The third kappa shape index (κ3) is 9.17. The molecule has 0 aromatic rings. The number of carbonyl (C=O) groups is 2. The van der Waals surface area contributed by atoms with Gasteiger partial charge in [-0.3, -0.25) is 9.59 Å². The molecule has 0 aliphatic carbocycles. The van der Waals surface area contributed by atoms with E-state index >= 15 is 0 Å². The van der Waals surface area contributed by atoms with Crippen molar-refractivity contribution < 1.29 is 19.8 Å². The molecule has 0 saturated heterocycles. The molecule has 0 rings (SSSR count). The summed E-state index contributed by atoms with van der Waals surface area (Å²) in [6.07, 6.45) is 5.47. The van der Waals surface area contributed by atoms with Crippen LogP contribution in [0.5, 0.6) is 0 Å². The summed E-state index contributed by atoms with van der Waals surface area (Å²) in [4.78, 5) is 23.4. The van der Waals surface area contributed by atoms with Crippen molar-refractivity contribution in [3.63, 3.8) is 0 Å². The van der Waals surface area contributed by atoms with E-state index in [0.29, 0.717) is 12.5 Å². The maximum Gasteiger partial charge on any atom is 0.306 e. The summed E-state index contributed by atoms with van der Waals surface area (Å²) in [6.45, 7) is 10.1. The van der Waals surface area contributed by atoms with Crippen molar-refractivity contribution in [3.8, 4) is 0 Å². The van der Waals surface area contributed by atoms with Gasteiger partial charge in [0.05, 0.1) is 17.9 Å². The van der Waals surface area contributed by atoms with E-state index in [0.717, 1.165) is 32.1 Å². The molecule has 0 fully saturated rings. The predicted molar refractivity (Wildman–Crippen MR) is 101 cm³/mol. The number of aliphatic hydroxyl groups is 1. The Morgan fingerprint density at radius 2 is 1.84 bits per heavy atom. The van der Waals surface area contributed by atoms with Gasteiger partial charge in [0, 0.05) is 5.92 Å². The largest absolute Gasteiger partial charge is 0.481 e. The number of carbonyl (C=O) groups excluding carboxylic acids is 1. The number of hydrogen-bond acceptors (Lipinski definition) is 4. The number of hydrogen-bond donors (Lipinski definition) is 3. The van der Waals surface area contributed by atoms with Gasteiger partial charge in [-0.25, -0.2) is 0 Å². The van der Waals surface area contributed by atoms with Crippen molar-refractivity contribution in [1.29, 1.82) is 0 Å². The highest BCUT2D eigenvalue weighted by Gasteiger charge is 2.39. The lowest BCUT2D eigenvalue weighted by molar-refractivity contribution is -0.145. The maximum absolute atomic E-state index is 12.6. The average Bonchev–Trinajstić information content (AvgIpc) is 2.51. The molecule has 146 valence electrons. The van der Waals surface area contributed by atoms with Gasteiger partial charge in [0.15, 0.2) is 0 Å². The summed E-state index contributed by atoms with van der Waals surface area (Å²) in [5.74, 6) is -0.935. The third-order valence-corrected chi connectivity index (χ3v) is 4.97. The van der Waals surface area contributed by atoms with Gasteiger partial charge in [-0.05, 0) is 45.1 Å². The van der Waals surface area contributed by atoms with Crippen LogP contribution < -0.4 is 5.73 Å². The van der Waals surface area contributed by atoms with Crippen LogP contribution >= 0.6 is 0 Å². The highest BCUT2D eigenvalue weighted by atomic mass is 16.4. The summed E-state index contributed by atoms with van der Waals surface area (Å²) in [5, 5.41) is 18.9. The molecule has 5 nitrogen and oxygen atoms in total. The molecule has 0 radical (unpaired) electrons. The van der Waals surface area contributed by atoms with Crippen LogP contribution in [-0.2, 0) is 9.59 Å². The molecule has 0 amide bonds. The molecule has 0 spiro atoms. The van der Waals surface area contributed by atoms with Gasteiger partial charge in [-0.15, -0.1) is 0 Å². The van der Waals surface area contributed by atoms with Gasteiger partial charge < -0.3 is 15.9 Å². The van der Waals surface area contributed by atoms with Crippen LogP contribution in [0.4, 0.5) is 0 Å². The smallest absolute Gasteiger partial charge is 0.306 e. The van der Waals surface area contributed by atoms with Crippen molar-refractivity contribution in [2.24, 2.45) is 23.0 Å². The molecule has 4 N–H and O–H groups in total. The lowest BCUT2D eigenvalue weighted by Crippen LogP contribution is -2.41. The fourth-order valence-corrected chi connectivity index (χ4v) is 3.21. The molecule has 3 atom stereocenters. The number of carboxylic acid groups (broad SMARTS) is 1. The van der Waals surface area contributed by atoms with Crippen molar-refractivity contribution in [1.82, 2.24) is 0 Å². The summed E-state index contributed by atoms with van der Waals surface area (Å²) in [6, 6.07) is 0. The van der Waals surface area contributed by atoms with Crippen molar-refractivity contribution in [3.05, 3.63) is 11.6 Å². The Hall–Kier alpha value is -1.20. The van der Waals surface area contributed by atoms with E-state index in [1.165, 1.54) is 5.57 Å². The van der Waals surface area contributed by atoms with E-state index in [2.05, 4.69) is 19.9 Å². The first-order chi connectivity index (χ1) is 11.5. The summed E-state index contributed by atoms with van der Waals surface area (Å²) < 4.78 is 0. The van der Waals surface area contributed by atoms with Crippen molar-refractivity contribution >= 4 is 11.8 Å². The summed E-state index contributed by atoms with van der Waals surface area (Å²) in [7, 11) is 0. The number of nitrogens with two attached hydrogens (primary N) is 1. The molecule has 25 heavy (non-hydrogen) atoms. The zero-order valence-electron chi connectivity index (χ0n) is 16.5. The number of aliphatic carboxylic acids is 1. The van der Waals surface area contributed by atoms with Crippen LogP contribution in [0.3, 0.4) is 0 Å². The predicted octanol–water partition coefficient (Wildman–Crippen LogP) is 3.55. The molecule has 0 aliphatic heterocycles. The Labute approximate surface area is 152 Å². The van der Waals surface area contributed by atoms with Crippen LogP contribution in [0.25, 0.3) is 0 Å². The van der Waals surface area contributed by atoms with Crippen LogP contribution in [0.15, 0.2) is 11.6 Å². The van der Waals surface area contributed by atoms with E-state index in [1.807, 2.05) is 6.92 Å². The van der Waals surface area contributed by atoms with Gasteiger partial charge in [0.25, 0.3) is 0 Å². The van der Waals surface area contributed by atoms with Crippen molar-refractivity contribution in [2.75, 3.05) is 6.54 Å². The minimum atomic E-state index is -1.16. The number of allylic oxidation sites excluding steroid dienone is 1. The molecule has 5 heteroatoms. The normalized spacial score (nSPS) is 16.4. The molecule has 0 aromatic carbocycles. The standard InChI is InChI=1S/C20H37NO4/c1-14(10-7-11-21)8-6-9-15(2)12-16(3)19(25)20(4,5)17(22)13-18(23)24/h10,15-17,22H,6-9,11-13,21H2,1-5H3,(H,23,24)/b14-10-. The Morgan fingerprint density at radius 3 is 2.36 bits per heavy atom. The van der Waals surface area contributed by atoms with E-state index in [9.17, 15) is 14.7 Å². The molecule has 0 aliphatic rings. The van der Waals surface area contributed by atoms with Gasteiger partial charge in [-0.1, -0.05) is 45.8 Å². The second-order valence-corrected chi connectivity index (χ2v) is 7.96. The molecule has 0 bridgehead atoms. The summed E-state index contributed by atoms with van der Waals surface area (Å²) >= 11 is 0. The van der Waals surface area contributed by atoms with Gasteiger partial charge in [-0.2, -0.15) is 0 Å². The molecule has 0 heterocycles. The first-order valence-electron chi connectivity index (χ1n) is 9.32. The zero-order chi connectivity index (χ0) is 19.6. The molecule has 0 aromatic heterocycles. The number of Topliss-reactive ketones (excluding diaryl/α,β-unsaturated/α-hetero) is 1. The molecular weight excluding hydrogens is 318 g/mol. The minimum Gasteiger partial charge on any atom is -0.481 e. The number of aliphatic hydroxyl groups excluding tert-OH is 1. The van der Waals surface area contributed by atoms with Crippen LogP contribution in [0.2, 0.25) is 0 Å². The average molecular weight is 356 g/mol. The first kappa shape index (κ1) is 23.8. The Morgan fingerprint density at radius 1 is 1.24 bits per heavy atom. The third-order valence-electron chi connectivity index (χ3n) is 4.97. The summed E-state index contributed by atoms with van der Waals surface area (Å²) in [5.41, 5.74) is 5.81. The van der Waals surface area contributed by atoms with Crippen LogP contribution in [0, 0.1) is 17.3 Å². The van der Waals surface area contributed by atoms with Gasteiger partial charge in [0.2, 0.25) is 0 Å². The molecular formula is C20H37NO4. The maximum atomic E-state index is 12.6. The number of carboxylic acids is 1. The highest BCUT2D eigenvalue weighted by molar-refractivity contribution is 5.87. The quantitative estimate of drug-likeness (QED) is 0.439. The van der Waals surface area contributed by atoms with E-state index in [4.69, 9.17) is 10.8 Å². The fourth-order valence-electron chi connectivity index (χ4n) is 3.21. The monoisotopic (exact) mass is 355 g/mol. The topological polar surface area (TPSA) is 101 Å². The first-order valence-corrected chi connectivity index (χ1v) is 9.32. The van der Waals surface area contributed by atoms with E-state index in [-0.39, 0.29) is 11.7 Å². The highest BCUT2D eigenvalue weighted by Crippen LogP contribution is 2.31. The van der Waals surface area contributed by atoms with Crippen LogP contribution in [0.1, 0.15) is 73.1 Å². The molecule has 3 unspecified atom stereocenters. The second-order valence-electron chi connectivity index (χ2n) is 7.96. The van der Waals surface area contributed by atoms with Gasteiger partial charge in [0.1, 0.15) is 5.78 Å². The Bertz CT molecular complexity index is 457. The van der Waals surface area contributed by atoms with Crippen molar-refractivity contribution in [2.45, 2.75) is 79.2 Å². The Balaban J connectivity index is 4.43. The van der Waals surface area contributed by atoms with E-state index < -0.39 is 23.9 Å². The van der Waals surface area contributed by atoms with E-state index in [1.54, 1.807) is 13.8 Å². The minimum absolute atomic E-state index is 0.0628. The molecule has 0 saturated carbocycles. The number of ketones is 1. The number of rotatable bonds is 13. The lowest BCUT2D eigenvalue weighted by atomic mass is 9.74. The van der Waals surface area contributed by atoms with Crippen LogP contribution in [-0.4, -0.2) is 34.6 Å².